The molecule has 7 aromatic rings. The van der Waals surface area contributed by atoms with Crippen LogP contribution in [0.15, 0.2) is 170 Å². The minimum Gasteiger partial charge on any atom is -0.311 e. The first-order valence-electron chi connectivity index (χ1n) is 17.8. The molecule has 51 heavy (non-hydrogen) atoms. The molecule has 0 saturated carbocycles. The van der Waals surface area contributed by atoms with Gasteiger partial charge in [0.05, 0.1) is 0 Å². The summed E-state index contributed by atoms with van der Waals surface area (Å²) in [4.78, 5) is 4.66. The van der Waals surface area contributed by atoms with Gasteiger partial charge in [0.2, 0.25) is 0 Å². The summed E-state index contributed by atoms with van der Waals surface area (Å²) in [5.41, 5.74) is 17.0. The second kappa shape index (κ2) is 13.3. The van der Waals surface area contributed by atoms with E-state index in [4.69, 9.17) is 0 Å². The molecule has 0 fully saturated rings. The van der Waals surface area contributed by atoms with Gasteiger partial charge in [-0.1, -0.05) is 134 Å². The van der Waals surface area contributed by atoms with Crippen molar-refractivity contribution in [2.24, 2.45) is 0 Å². The molecule has 1 aliphatic carbocycles. The molecule has 2 heteroatoms. The van der Waals surface area contributed by atoms with Gasteiger partial charge in [0.15, 0.2) is 0 Å². The second-order valence-electron chi connectivity index (χ2n) is 14.1. The van der Waals surface area contributed by atoms with E-state index < -0.39 is 0 Å². The predicted octanol–water partition coefficient (Wildman–Crippen LogP) is 13.7. The topological polar surface area (TPSA) is 6.48 Å². The smallest absolute Gasteiger partial charge is 0.0465 e. The van der Waals surface area contributed by atoms with Crippen molar-refractivity contribution in [3.8, 4) is 11.1 Å². The van der Waals surface area contributed by atoms with Gasteiger partial charge in [0, 0.05) is 39.5 Å². The number of rotatable bonds is 8. The molecule has 0 N–H and O–H groups in total. The van der Waals surface area contributed by atoms with E-state index in [2.05, 4.69) is 220 Å². The zero-order valence-electron chi connectivity index (χ0n) is 29.7. The molecule has 0 bridgehead atoms. The zero-order valence-corrected chi connectivity index (χ0v) is 29.7. The van der Waals surface area contributed by atoms with Gasteiger partial charge in [0.25, 0.3) is 0 Å². The van der Waals surface area contributed by atoms with E-state index in [9.17, 15) is 0 Å². The highest BCUT2D eigenvalue weighted by atomic mass is 15.1. The van der Waals surface area contributed by atoms with Gasteiger partial charge < -0.3 is 9.80 Å². The molecule has 0 atom stereocenters. The fourth-order valence-corrected chi connectivity index (χ4v) is 7.35. The first kappa shape index (κ1) is 32.1. The second-order valence-corrected chi connectivity index (χ2v) is 14.1. The molecule has 0 spiro atoms. The van der Waals surface area contributed by atoms with Crippen LogP contribution in [0.4, 0.5) is 34.1 Å². The zero-order chi connectivity index (χ0) is 35.0. The lowest BCUT2D eigenvalue weighted by Crippen LogP contribution is -2.16. The molecule has 0 saturated heterocycles. The van der Waals surface area contributed by atoms with Gasteiger partial charge >= 0.3 is 0 Å². The molecular formula is C49H42N2. The standard InChI is InChI=1S/C49H42N2/c1-35-15-24-41(25-16-35)50(42-26-17-36(2)18-27-42)43-28-21-37(22-29-43)19-20-38-23-31-45-46-32-30-44(34-48(46)49(3,4)47(45)33-38)51(39-11-7-5-8-12-39)40-13-9-6-10-14-40/h5-34H,1-4H3. The molecular weight excluding hydrogens is 617 g/mol. The number of para-hydroxylation sites is 2. The summed E-state index contributed by atoms with van der Waals surface area (Å²) in [6.07, 6.45) is 4.46. The third kappa shape index (κ3) is 6.26. The van der Waals surface area contributed by atoms with E-state index in [0.29, 0.717) is 0 Å². The number of anilines is 6. The van der Waals surface area contributed by atoms with E-state index in [1.54, 1.807) is 0 Å². The van der Waals surface area contributed by atoms with Crippen molar-refractivity contribution in [3.63, 3.8) is 0 Å². The highest BCUT2D eigenvalue weighted by Gasteiger charge is 2.36. The van der Waals surface area contributed by atoms with E-state index in [1.807, 2.05) is 0 Å². The Labute approximate surface area is 302 Å². The van der Waals surface area contributed by atoms with Crippen molar-refractivity contribution in [1.29, 1.82) is 0 Å². The molecule has 0 amide bonds. The molecule has 0 aliphatic heterocycles. The minimum absolute atomic E-state index is 0.138. The van der Waals surface area contributed by atoms with E-state index in [-0.39, 0.29) is 5.41 Å². The summed E-state index contributed by atoms with van der Waals surface area (Å²) < 4.78 is 0. The fourth-order valence-electron chi connectivity index (χ4n) is 7.35. The molecule has 2 nitrogen and oxygen atoms in total. The maximum absolute atomic E-state index is 2.39. The number of aryl methyl sites for hydroxylation is 2. The largest absolute Gasteiger partial charge is 0.311 e. The Hall–Kier alpha value is -6.12. The number of hydrogen-bond acceptors (Lipinski definition) is 2. The van der Waals surface area contributed by atoms with E-state index in [0.717, 1.165) is 28.4 Å². The summed E-state index contributed by atoms with van der Waals surface area (Å²) in [7, 11) is 0. The van der Waals surface area contributed by atoms with Gasteiger partial charge in [-0.3, -0.25) is 0 Å². The molecule has 8 rings (SSSR count). The maximum atomic E-state index is 2.39. The van der Waals surface area contributed by atoms with Crippen LogP contribution < -0.4 is 9.80 Å². The first-order chi connectivity index (χ1) is 24.8. The van der Waals surface area contributed by atoms with Crippen molar-refractivity contribution in [2.75, 3.05) is 9.80 Å². The Bertz CT molecular complexity index is 2230. The Morgan fingerprint density at radius 3 is 1.27 bits per heavy atom. The maximum Gasteiger partial charge on any atom is 0.0465 e. The monoisotopic (exact) mass is 658 g/mol. The fraction of sp³-hybridized carbons (Fsp3) is 0.102. The lowest BCUT2D eigenvalue weighted by Gasteiger charge is -2.28. The molecule has 1 aliphatic rings. The van der Waals surface area contributed by atoms with Crippen LogP contribution >= 0.6 is 0 Å². The van der Waals surface area contributed by atoms with Crippen molar-refractivity contribution >= 4 is 46.3 Å². The first-order valence-corrected chi connectivity index (χ1v) is 17.8. The Balaban J connectivity index is 1.07. The Morgan fingerprint density at radius 2 is 0.745 bits per heavy atom. The highest BCUT2D eigenvalue weighted by Crippen LogP contribution is 2.51. The molecule has 0 heterocycles. The summed E-state index contributed by atoms with van der Waals surface area (Å²) in [5, 5.41) is 0. The summed E-state index contributed by atoms with van der Waals surface area (Å²) in [6, 6.07) is 61.5. The highest BCUT2D eigenvalue weighted by molar-refractivity contribution is 5.87. The summed E-state index contributed by atoms with van der Waals surface area (Å²) >= 11 is 0. The summed E-state index contributed by atoms with van der Waals surface area (Å²) in [5.74, 6) is 0. The van der Waals surface area contributed by atoms with Crippen molar-refractivity contribution in [3.05, 3.63) is 203 Å². The third-order valence-electron chi connectivity index (χ3n) is 10.2. The average molecular weight is 659 g/mol. The van der Waals surface area contributed by atoms with Crippen LogP contribution in [0.5, 0.6) is 0 Å². The van der Waals surface area contributed by atoms with Crippen LogP contribution in [0.2, 0.25) is 0 Å². The van der Waals surface area contributed by atoms with Crippen LogP contribution in [0.3, 0.4) is 0 Å². The number of hydrogen-bond donors (Lipinski definition) is 0. The normalized spacial score (nSPS) is 12.8. The van der Waals surface area contributed by atoms with Crippen LogP contribution in [-0.2, 0) is 5.41 Å². The average Bonchev–Trinajstić information content (AvgIpc) is 3.39. The lowest BCUT2D eigenvalue weighted by molar-refractivity contribution is 0.660. The minimum atomic E-state index is -0.138. The van der Waals surface area contributed by atoms with Crippen LogP contribution in [-0.4, -0.2) is 0 Å². The van der Waals surface area contributed by atoms with E-state index in [1.165, 1.54) is 50.2 Å². The quantitative estimate of drug-likeness (QED) is 0.150. The van der Waals surface area contributed by atoms with Crippen molar-refractivity contribution in [1.82, 2.24) is 0 Å². The van der Waals surface area contributed by atoms with Crippen LogP contribution in [0.1, 0.15) is 47.2 Å². The van der Waals surface area contributed by atoms with Crippen LogP contribution in [0.25, 0.3) is 23.3 Å². The van der Waals surface area contributed by atoms with Crippen molar-refractivity contribution < 1.29 is 0 Å². The number of benzene rings is 7. The van der Waals surface area contributed by atoms with Gasteiger partial charge in [-0.2, -0.15) is 0 Å². The van der Waals surface area contributed by atoms with Gasteiger partial charge in [-0.15, -0.1) is 0 Å². The van der Waals surface area contributed by atoms with Gasteiger partial charge in [-0.25, -0.2) is 0 Å². The molecule has 7 aromatic carbocycles. The molecule has 0 radical (unpaired) electrons. The van der Waals surface area contributed by atoms with Gasteiger partial charge in [0.1, 0.15) is 0 Å². The summed E-state index contributed by atoms with van der Waals surface area (Å²) in [6.45, 7) is 8.97. The third-order valence-corrected chi connectivity index (χ3v) is 10.2. The number of nitrogens with zero attached hydrogens (tertiary/aromatic N) is 2. The molecule has 0 unspecified atom stereocenters. The number of fused-ring (bicyclic) bond motifs is 3. The van der Waals surface area contributed by atoms with E-state index >= 15 is 0 Å². The Kier molecular flexibility index (Phi) is 8.37. The lowest BCUT2D eigenvalue weighted by atomic mass is 9.81. The van der Waals surface area contributed by atoms with Crippen molar-refractivity contribution in [2.45, 2.75) is 33.1 Å². The van der Waals surface area contributed by atoms with Gasteiger partial charge in [-0.05, 0) is 120 Å². The molecule has 248 valence electrons. The SMILES string of the molecule is Cc1ccc(N(c2ccc(C)cc2)c2ccc(C=Cc3ccc4c(c3)C(C)(C)c3cc(N(c5ccccc5)c5ccccc5)ccc3-4)cc2)cc1. The Morgan fingerprint density at radius 1 is 0.373 bits per heavy atom. The van der Waals surface area contributed by atoms with Crippen LogP contribution in [0, 0.1) is 13.8 Å². The predicted molar refractivity (Wildman–Crippen MR) is 218 cm³/mol. The molecule has 0 aromatic heterocycles.